The summed E-state index contributed by atoms with van der Waals surface area (Å²) in [6.07, 6.45) is 24.1. The van der Waals surface area contributed by atoms with Gasteiger partial charge in [0.05, 0.1) is 0 Å². The maximum absolute atomic E-state index is 11.2. The van der Waals surface area contributed by atoms with E-state index in [0.29, 0.717) is 23.3 Å². The van der Waals surface area contributed by atoms with Crippen molar-refractivity contribution in [2.24, 2.45) is 0 Å². The molecule has 0 heterocycles. The predicted molar refractivity (Wildman–Crippen MR) is 185 cm³/mol. The molecule has 0 atom stereocenters. The normalized spacial score (nSPS) is 17.4. The zero-order chi connectivity index (χ0) is 31.0. The zero-order valence-corrected chi connectivity index (χ0v) is 28.8. The van der Waals surface area contributed by atoms with E-state index in [4.69, 9.17) is 0 Å². The summed E-state index contributed by atoms with van der Waals surface area (Å²) < 4.78 is 0. The molecule has 43 heavy (non-hydrogen) atoms. The Morgan fingerprint density at radius 3 is 1.14 bits per heavy atom. The van der Waals surface area contributed by atoms with Crippen LogP contribution in [0.2, 0.25) is 0 Å². The molecule has 0 aromatic heterocycles. The first-order valence-electron chi connectivity index (χ1n) is 18.2. The Hall–Kier alpha value is -1.96. The minimum atomic E-state index is -0.0323. The van der Waals surface area contributed by atoms with Crippen LogP contribution in [0.3, 0.4) is 0 Å². The molecule has 2 heteroatoms. The van der Waals surface area contributed by atoms with Crippen LogP contribution in [-0.2, 0) is 23.7 Å². The van der Waals surface area contributed by atoms with Gasteiger partial charge in [-0.3, -0.25) is 0 Å². The molecule has 0 unspecified atom stereocenters. The monoisotopic (exact) mass is 588 g/mol. The van der Waals surface area contributed by atoms with Crippen LogP contribution in [-0.4, -0.2) is 10.2 Å². The molecule has 4 rings (SSSR count). The SMILES string of the molecule is CC(C)(C)c1cc(CCCCCCCCCc2cc(C3CCCCC3)c(O)c(C(C)(C)C)c2)cc(C2CCCCC2)c1O. The maximum atomic E-state index is 11.2. The summed E-state index contributed by atoms with van der Waals surface area (Å²) in [6.45, 7) is 13.4. The van der Waals surface area contributed by atoms with Crippen LogP contribution in [0.5, 0.6) is 11.5 Å². The third-order valence-corrected chi connectivity index (χ3v) is 10.5. The number of phenolic OH excluding ortho intramolecular Hbond substituents is 2. The minimum absolute atomic E-state index is 0.0323. The Morgan fingerprint density at radius 2 is 0.814 bits per heavy atom. The summed E-state index contributed by atoms with van der Waals surface area (Å²) >= 11 is 0. The van der Waals surface area contributed by atoms with Gasteiger partial charge in [-0.1, -0.05) is 136 Å². The van der Waals surface area contributed by atoms with Crippen molar-refractivity contribution < 1.29 is 10.2 Å². The fraction of sp³-hybridized carbons (Fsp3) is 0.707. The van der Waals surface area contributed by atoms with Crippen LogP contribution in [0, 0.1) is 0 Å². The van der Waals surface area contributed by atoms with E-state index in [9.17, 15) is 10.2 Å². The van der Waals surface area contributed by atoms with Crippen LogP contribution in [0.25, 0.3) is 0 Å². The molecule has 2 aliphatic rings. The summed E-state index contributed by atoms with van der Waals surface area (Å²) in [5.41, 5.74) is 7.54. The molecule has 0 radical (unpaired) electrons. The largest absolute Gasteiger partial charge is 0.507 e. The zero-order valence-electron chi connectivity index (χ0n) is 28.8. The number of rotatable bonds is 12. The molecule has 0 bridgehead atoms. The lowest BCUT2D eigenvalue weighted by Gasteiger charge is -2.28. The third kappa shape index (κ3) is 9.51. The van der Waals surface area contributed by atoms with Gasteiger partial charge in [0.15, 0.2) is 0 Å². The quantitative estimate of drug-likeness (QED) is 0.242. The van der Waals surface area contributed by atoms with Crippen molar-refractivity contribution in [2.45, 2.75) is 186 Å². The minimum Gasteiger partial charge on any atom is -0.507 e. The van der Waals surface area contributed by atoms with Crippen molar-refractivity contribution in [1.29, 1.82) is 0 Å². The van der Waals surface area contributed by atoms with E-state index in [1.807, 2.05) is 0 Å². The van der Waals surface area contributed by atoms with Gasteiger partial charge in [0.25, 0.3) is 0 Å². The molecule has 2 aromatic rings. The summed E-state index contributed by atoms with van der Waals surface area (Å²) in [5, 5.41) is 22.4. The Kier molecular flexibility index (Phi) is 12.1. The van der Waals surface area contributed by atoms with Crippen molar-refractivity contribution >= 4 is 0 Å². The van der Waals surface area contributed by atoms with E-state index in [0.717, 1.165) is 24.0 Å². The number of aryl methyl sites for hydroxylation is 2. The van der Waals surface area contributed by atoms with Crippen molar-refractivity contribution in [3.63, 3.8) is 0 Å². The van der Waals surface area contributed by atoms with Gasteiger partial charge in [-0.15, -0.1) is 0 Å². The van der Waals surface area contributed by atoms with E-state index in [-0.39, 0.29) is 10.8 Å². The highest BCUT2D eigenvalue weighted by atomic mass is 16.3. The highest BCUT2D eigenvalue weighted by Crippen LogP contribution is 2.44. The number of aromatic hydroxyl groups is 2. The number of phenols is 2. The van der Waals surface area contributed by atoms with E-state index in [1.165, 1.54) is 131 Å². The maximum Gasteiger partial charge on any atom is 0.122 e. The molecule has 2 aromatic carbocycles. The molecule has 2 aliphatic carbocycles. The third-order valence-electron chi connectivity index (χ3n) is 10.5. The first-order chi connectivity index (χ1) is 20.4. The molecule has 2 saturated carbocycles. The Bertz CT molecular complexity index is 1060. The van der Waals surface area contributed by atoms with Gasteiger partial charge >= 0.3 is 0 Å². The fourth-order valence-electron chi connectivity index (χ4n) is 7.86. The topological polar surface area (TPSA) is 40.5 Å². The average molecular weight is 589 g/mol. The molecule has 2 nitrogen and oxygen atoms in total. The smallest absolute Gasteiger partial charge is 0.122 e. The lowest BCUT2D eigenvalue weighted by Crippen LogP contribution is -2.14. The summed E-state index contributed by atoms with van der Waals surface area (Å²) in [7, 11) is 0. The lowest BCUT2D eigenvalue weighted by molar-refractivity contribution is 0.402. The summed E-state index contributed by atoms with van der Waals surface area (Å²) in [4.78, 5) is 0. The summed E-state index contributed by atoms with van der Waals surface area (Å²) in [5.74, 6) is 2.23. The molecule has 0 saturated heterocycles. The number of hydrogen-bond acceptors (Lipinski definition) is 2. The molecule has 0 spiro atoms. The van der Waals surface area contributed by atoms with Gasteiger partial charge in [0.2, 0.25) is 0 Å². The summed E-state index contributed by atoms with van der Waals surface area (Å²) in [6, 6.07) is 9.31. The van der Waals surface area contributed by atoms with E-state index in [2.05, 4.69) is 65.8 Å². The number of hydrogen-bond donors (Lipinski definition) is 2. The molecule has 240 valence electrons. The van der Waals surface area contributed by atoms with Gasteiger partial charge in [0, 0.05) is 0 Å². The van der Waals surface area contributed by atoms with E-state index in [1.54, 1.807) is 0 Å². The van der Waals surface area contributed by atoms with E-state index >= 15 is 0 Å². The van der Waals surface area contributed by atoms with Crippen LogP contribution in [0.1, 0.15) is 196 Å². The molecule has 0 amide bonds. The molecular weight excluding hydrogens is 524 g/mol. The van der Waals surface area contributed by atoms with Crippen molar-refractivity contribution in [1.82, 2.24) is 0 Å². The van der Waals surface area contributed by atoms with Gasteiger partial charge in [-0.25, -0.2) is 0 Å². The lowest BCUT2D eigenvalue weighted by atomic mass is 9.78. The first-order valence-corrected chi connectivity index (χ1v) is 18.2. The standard InChI is InChI=1S/C41H64O2/c1-40(2,3)36-28-30(26-34(38(36)42)32-22-16-12-17-23-32)20-14-10-8-7-9-11-15-21-31-27-35(33-24-18-13-19-25-33)39(43)37(29-31)41(4,5)6/h26-29,32-33,42-43H,7-25H2,1-6H3. The van der Waals surface area contributed by atoms with Crippen LogP contribution in [0.15, 0.2) is 24.3 Å². The highest BCUT2D eigenvalue weighted by molar-refractivity contribution is 5.50. The molecule has 0 aliphatic heterocycles. The van der Waals surface area contributed by atoms with Gasteiger partial charge in [-0.05, 0) is 107 Å². The molecular formula is C41H64O2. The average Bonchev–Trinajstić information content (AvgIpc) is 2.97. The second-order valence-corrected chi connectivity index (χ2v) is 16.3. The van der Waals surface area contributed by atoms with Crippen molar-refractivity contribution in [3.05, 3.63) is 57.6 Å². The first kappa shape index (κ1) is 33.9. The molecule has 2 N–H and O–H groups in total. The predicted octanol–water partition coefficient (Wildman–Crippen LogP) is 12.3. The number of benzene rings is 2. The van der Waals surface area contributed by atoms with E-state index < -0.39 is 0 Å². The van der Waals surface area contributed by atoms with Crippen molar-refractivity contribution in [3.8, 4) is 11.5 Å². The highest BCUT2D eigenvalue weighted by Gasteiger charge is 2.27. The molecule has 2 fully saturated rings. The number of unbranched alkanes of at least 4 members (excludes halogenated alkanes) is 6. The van der Waals surface area contributed by atoms with Gasteiger partial charge in [0.1, 0.15) is 11.5 Å². The fourth-order valence-corrected chi connectivity index (χ4v) is 7.86. The van der Waals surface area contributed by atoms with Crippen LogP contribution >= 0.6 is 0 Å². The van der Waals surface area contributed by atoms with Gasteiger partial charge < -0.3 is 10.2 Å². The van der Waals surface area contributed by atoms with Gasteiger partial charge in [-0.2, -0.15) is 0 Å². The Morgan fingerprint density at radius 1 is 0.488 bits per heavy atom. The van der Waals surface area contributed by atoms with Crippen LogP contribution in [0.4, 0.5) is 0 Å². The second-order valence-electron chi connectivity index (χ2n) is 16.3. The Balaban J connectivity index is 1.23. The van der Waals surface area contributed by atoms with Crippen molar-refractivity contribution in [2.75, 3.05) is 0 Å². The Labute approximate surface area is 265 Å². The second kappa shape index (κ2) is 15.4. The van der Waals surface area contributed by atoms with Crippen LogP contribution < -0.4 is 0 Å².